The summed E-state index contributed by atoms with van der Waals surface area (Å²) in [4.78, 5) is 0. The quantitative estimate of drug-likeness (QED) is 0.577. The van der Waals surface area contributed by atoms with Crippen LogP contribution in [0.3, 0.4) is 0 Å². The Morgan fingerprint density at radius 3 is 3.10 bits per heavy atom. The van der Waals surface area contributed by atoms with Crippen LogP contribution in [0.5, 0.6) is 0 Å². The number of anilines is 1. The van der Waals surface area contributed by atoms with Gasteiger partial charge in [-0.2, -0.15) is 0 Å². The van der Waals surface area contributed by atoms with Crippen molar-refractivity contribution in [2.75, 3.05) is 18.4 Å². The molecule has 0 fully saturated rings. The van der Waals surface area contributed by atoms with Gasteiger partial charge in [0, 0.05) is 20.1 Å². The van der Waals surface area contributed by atoms with Gasteiger partial charge in [0.15, 0.2) is 0 Å². The molecule has 0 aliphatic rings. The van der Waals surface area contributed by atoms with Gasteiger partial charge in [0.1, 0.15) is 6.33 Å². The Morgan fingerprint density at radius 2 is 2.60 bits per heavy atom. The molecule has 1 heterocycles. The zero-order chi connectivity index (χ0) is 7.40. The molecule has 0 aliphatic heterocycles. The molecule has 5 heteroatoms. The Balaban J connectivity index is 2.49. The second kappa shape index (κ2) is 3.17. The maximum atomic E-state index is 5.28. The molecule has 56 valence electrons. The van der Waals surface area contributed by atoms with Crippen LogP contribution in [0.15, 0.2) is 6.33 Å². The molecule has 0 saturated carbocycles. The summed E-state index contributed by atoms with van der Waals surface area (Å²) in [6.45, 7) is 1.33. The lowest BCUT2D eigenvalue weighted by Gasteiger charge is -2.00. The van der Waals surface area contributed by atoms with E-state index in [4.69, 9.17) is 5.73 Å². The van der Waals surface area contributed by atoms with Crippen LogP contribution in [0, 0.1) is 0 Å². The number of hydrogen-bond donors (Lipinski definition) is 2. The van der Waals surface area contributed by atoms with Crippen molar-refractivity contribution in [3.05, 3.63) is 6.33 Å². The van der Waals surface area contributed by atoms with Crippen LogP contribution in [0.4, 0.5) is 5.95 Å². The lowest BCUT2D eigenvalue weighted by atomic mass is 10.6. The summed E-state index contributed by atoms with van der Waals surface area (Å²) in [5.41, 5.74) is 5.28. The maximum Gasteiger partial charge on any atom is 0.224 e. The van der Waals surface area contributed by atoms with Crippen molar-refractivity contribution in [2.24, 2.45) is 12.8 Å². The average molecular weight is 141 g/mol. The molecule has 0 saturated heterocycles. The van der Waals surface area contributed by atoms with E-state index in [0.29, 0.717) is 6.54 Å². The first-order valence-electron chi connectivity index (χ1n) is 3.12. The van der Waals surface area contributed by atoms with Crippen LogP contribution in [0.25, 0.3) is 0 Å². The third-order valence-electron chi connectivity index (χ3n) is 1.14. The average Bonchev–Trinajstić information content (AvgIpc) is 2.31. The molecule has 0 spiro atoms. The zero-order valence-corrected chi connectivity index (χ0v) is 5.91. The maximum absolute atomic E-state index is 5.28. The summed E-state index contributed by atoms with van der Waals surface area (Å²) in [5.74, 6) is 0.755. The molecule has 0 aromatic carbocycles. The van der Waals surface area contributed by atoms with E-state index >= 15 is 0 Å². The van der Waals surface area contributed by atoms with Gasteiger partial charge < -0.3 is 15.6 Å². The van der Waals surface area contributed by atoms with Crippen molar-refractivity contribution in [1.29, 1.82) is 0 Å². The van der Waals surface area contributed by atoms with Crippen LogP contribution >= 0.6 is 0 Å². The van der Waals surface area contributed by atoms with E-state index in [-0.39, 0.29) is 0 Å². The number of rotatable bonds is 3. The molecule has 3 N–H and O–H groups in total. The van der Waals surface area contributed by atoms with Gasteiger partial charge in [-0.25, -0.2) is 0 Å². The molecular formula is C5H11N5. The molecule has 1 rings (SSSR count). The van der Waals surface area contributed by atoms with Gasteiger partial charge in [-0.05, 0) is 0 Å². The number of nitrogens with zero attached hydrogens (tertiary/aromatic N) is 3. The highest BCUT2D eigenvalue weighted by Gasteiger charge is 1.95. The summed E-state index contributed by atoms with van der Waals surface area (Å²) >= 11 is 0. The fraction of sp³-hybridized carbons (Fsp3) is 0.600. The molecule has 1 aromatic heterocycles. The van der Waals surface area contributed by atoms with Crippen molar-refractivity contribution >= 4 is 5.95 Å². The number of hydrogen-bond acceptors (Lipinski definition) is 4. The Bertz CT molecular complexity index is 194. The van der Waals surface area contributed by atoms with Crippen LogP contribution in [0.1, 0.15) is 0 Å². The number of aromatic nitrogens is 3. The predicted molar refractivity (Wildman–Crippen MR) is 38.5 cm³/mol. The second-order valence-electron chi connectivity index (χ2n) is 1.98. The van der Waals surface area contributed by atoms with E-state index in [1.165, 1.54) is 0 Å². The Morgan fingerprint density at radius 1 is 1.80 bits per heavy atom. The normalized spacial score (nSPS) is 9.80. The van der Waals surface area contributed by atoms with Crippen molar-refractivity contribution in [3.8, 4) is 0 Å². The molecule has 0 bridgehead atoms. The van der Waals surface area contributed by atoms with E-state index in [0.717, 1.165) is 12.5 Å². The van der Waals surface area contributed by atoms with Crippen molar-refractivity contribution in [3.63, 3.8) is 0 Å². The van der Waals surface area contributed by atoms with Gasteiger partial charge in [-0.15, -0.1) is 10.2 Å². The summed E-state index contributed by atoms with van der Waals surface area (Å²) in [7, 11) is 1.87. The molecule has 0 unspecified atom stereocenters. The highest BCUT2D eigenvalue weighted by molar-refractivity contribution is 5.22. The fourth-order valence-electron chi connectivity index (χ4n) is 0.627. The van der Waals surface area contributed by atoms with Crippen molar-refractivity contribution < 1.29 is 0 Å². The predicted octanol–water partition coefficient (Wildman–Crippen LogP) is -0.814. The third-order valence-corrected chi connectivity index (χ3v) is 1.14. The first kappa shape index (κ1) is 7.01. The SMILES string of the molecule is Cn1cnnc1NCCN. The lowest BCUT2D eigenvalue weighted by molar-refractivity contribution is 0.891. The summed E-state index contributed by atoms with van der Waals surface area (Å²) in [6, 6.07) is 0. The molecule has 0 atom stereocenters. The minimum atomic E-state index is 0.604. The first-order valence-corrected chi connectivity index (χ1v) is 3.12. The van der Waals surface area contributed by atoms with E-state index in [2.05, 4.69) is 15.5 Å². The first-order chi connectivity index (χ1) is 4.84. The minimum absolute atomic E-state index is 0.604. The lowest BCUT2D eigenvalue weighted by Crippen LogP contribution is -2.15. The molecular weight excluding hydrogens is 130 g/mol. The topological polar surface area (TPSA) is 68.8 Å². The molecule has 0 aliphatic carbocycles. The van der Waals surface area contributed by atoms with Crippen LogP contribution < -0.4 is 11.1 Å². The minimum Gasteiger partial charge on any atom is -0.353 e. The van der Waals surface area contributed by atoms with E-state index in [9.17, 15) is 0 Å². The van der Waals surface area contributed by atoms with Gasteiger partial charge in [-0.1, -0.05) is 0 Å². The van der Waals surface area contributed by atoms with Gasteiger partial charge in [0.25, 0.3) is 0 Å². The van der Waals surface area contributed by atoms with E-state index in [1.807, 2.05) is 7.05 Å². The van der Waals surface area contributed by atoms with Gasteiger partial charge in [0.2, 0.25) is 5.95 Å². The number of nitrogens with two attached hydrogens (primary N) is 1. The second-order valence-corrected chi connectivity index (χ2v) is 1.98. The highest BCUT2D eigenvalue weighted by atomic mass is 15.3. The van der Waals surface area contributed by atoms with Gasteiger partial charge in [0.05, 0.1) is 0 Å². The monoisotopic (exact) mass is 141 g/mol. The smallest absolute Gasteiger partial charge is 0.224 e. The van der Waals surface area contributed by atoms with Crippen LogP contribution in [0.2, 0.25) is 0 Å². The number of aryl methyl sites for hydroxylation is 1. The molecule has 5 nitrogen and oxygen atoms in total. The van der Waals surface area contributed by atoms with Crippen LogP contribution in [-0.2, 0) is 7.05 Å². The van der Waals surface area contributed by atoms with Crippen LogP contribution in [-0.4, -0.2) is 27.9 Å². The Labute approximate surface area is 59.2 Å². The standard InChI is InChI=1S/C5H11N5/c1-10-4-8-9-5(10)7-3-2-6/h4H,2-3,6H2,1H3,(H,7,9). The molecule has 0 amide bonds. The Hall–Kier alpha value is -1.10. The number of nitrogens with one attached hydrogen (secondary N) is 1. The summed E-state index contributed by atoms with van der Waals surface area (Å²) < 4.78 is 1.80. The molecule has 10 heavy (non-hydrogen) atoms. The van der Waals surface area contributed by atoms with Gasteiger partial charge in [-0.3, -0.25) is 0 Å². The van der Waals surface area contributed by atoms with E-state index < -0.39 is 0 Å². The molecule has 0 radical (unpaired) electrons. The zero-order valence-electron chi connectivity index (χ0n) is 5.91. The molecule has 1 aromatic rings. The Kier molecular flexibility index (Phi) is 2.22. The summed E-state index contributed by atoms with van der Waals surface area (Å²) in [6.07, 6.45) is 1.64. The van der Waals surface area contributed by atoms with Crippen molar-refractivity contribution in [1.82, 2.24) is 14.8 Å². The van der Waals surface area contributed by atoms with E-state index in [1.54, 1.807) is 10.9 Å². The largest absolute Gasteiger partial charge is 0.353 e. The highest BCUT2D eigenvalue weighted by Crippen LogP contribution is 1.95. The van der Waals surface area contributed by atoms with Crippen molar-refractivity contribution in [2.45, 2.75) is 0 Å². The van der Waals surface area contributed by atoms with Gasteiger partial charge >= 0.3 is 0 Å². The summed E-state index contributed by atoms with van der Waals surface area (Å²) in [5, 5.41) is 10.5. The third kappa shape index (κ3) is 1.44. The fourth-order valence-corrected chi connectivity index (χ4v) is 0.627.